The number of hydrogen-bond acceptors (Lipinski definition) is 4. The summed E-state index contributed by atoms with van der Waals surface area (Å²) < 4.78 is 1.89. The molecule has 1 amide bonds. The maximum absolute atomic E-state index is 12.9. The molecule has 1 aliphatic heterocycles. The lowest BCUT2D eigenvalue weighted by Gasteiger charge is -2.32. The fourth-order valence-electron chi connectivity index (χ4n) is 3.76. The zero-order valence-electron chi connectivity index (χ0n) is 13.7. The van der Waals surface area contributed by atoms with Gasteiger partial charge in [-0.25, -0.2) is 4.68 Å². The maximum Gasteiger partial charge on any atom is 0.276 e. The molecule has 1 saturated heterocycles. The molecule has 1 aromatic heterocycles. The van der Waals surface area contributed by atoms with Crippen LogP contribution in [0.5, 0.6) is 0 Å². The molecule has 2 aliphatic rings. The molecule has 1 N–H and O–H groups in total. The summed E-state index contributed by atoms with van der Waals surface area (Å²) in [5.74, 6) is 0.0436. The van der Waals surface area contributed by atoms with Gasteiger partial charge in [0.2, 0.25) is 0 Å². The highest BCUT2D eigenvalue weighted by molar-refractivity contribution is 5.92. The topological polar surface area (TPSA) is 63.1 Å². The molecule has 0 unspecified atom stereocenters. The van der Waals surface area contributed by atoms with E-state index in [1.807, 2.05) is 15.8 Å². The van der Waals surface area contributed by atoms with Crippen LogP contribution in [0.3, 0.4) is 0 Å². The number of amides is 1. The predicted molar refractivity (Wildman–Crippen MR) is 84.7 cm³/mol. The van der Waals surface area contributed by atoms with E-state index in [9.17, 15) is 4.79 Å². The third-order valence-corrected chi connectivity index (χ3v) is 4.92. The van der Waals surface area contributed by atoms with E-state index in [0.717, 1.165) is 38.8 Å². The highest BCUT2D eigenvalue weighted by Crippen LogP contribution is 2.26. The zero-order valence-corrected chi connectivity index (χ0v) is 13.7. The number of carbonyl (C=O) groups is 1. The lowest BCUT2D eigenvalue weighted by molar-refractivity contribution is 0.0607. The molecule has 2 heterocycles. The minimum atomic E-state index is 0.0436. The van der Waals surface area contributed by atoms with Crippen molar-refractivity contribution in [1.29, 1.82) is 0 Å². The van der Waals surface area contributed by atoms with Gasteiger partial charge in [-0.05, 0) is 52.6 Å². The molecule has 2 fully saturated rings. The largest absolute Gasteiger partial charge is 0.332 e. The van der Waals surface area contributed by atoms with E-state index < -0.39 is 0 Å². The molecule has 0 atom stereocenters. The summed E-state index contributed by atoms with van der Waals surface area (Å²) >= 11 is 0. The smallest absolute Gasteiger partial charge is 0.276 e. The van der Waals surface area contributed by atoms with Crippen LogP contribution in [0.15, 0.2) is 6.20 Å². The number of carbonyl (C=O) groups excluding carboxylic acids is 1. The van der Waals surface area contributed by atoms with Gasteiger partial charge in [0.05, 0.1) is 12.2 Å². The third kappa shape index (κ3) is 3.16. The van der Waals surface area contributed by atoms with Crippen molar-refractivity contribution in [2.45, 2.75) is 70.5 Å². The summed E-state index contributed by atoms with van der Waals surface area (Å²) in [5.41, 5.74) is 0.499. The van der Waals surface area contributed by atoms with Crippen LogP contribution in [0.1, 0.15) is 68.9 Å². The van der Waals surface area contributed by atoms with Crippen LogP contribution in [0.2, 0.25) is 0 Å². The van der Waals surface area contributed by atoms with Gasteiger partial charge in [0.15, 0.2) is 5.69 Å². The molecule has 1 saturated carbocycles. The van der Waals surface area contributed by atoms with Gasteiger partial charge in [-0.1, -0.05) is 18.1 Å². The first-order chi connectivity index (χ1) is 10.7. The van der Waals surface area contributed by atoms with Crippen molar-refractivity contribution in [3.63, 3.8) is 0 Å². The number of nitrogens with one attached hydrogen (secondary N) is 1. The number of aromatic nitrogens is 3. The highest BCUT2D eigenvalue weighted by Gasteiger charge is 2.31. The highest BCUT2D eigenvalue weighted by atomic mass is 16.2. The Morgan fingerprint density at radius 1 is 1.27 bits per heavy atom. The van der Waals surface area contributed by atoms with E-state index in [-0.39, 0.29) is 11.9 Å². The molecule has 1 aromatic rings. The Bertz CT molecular complexity index is 500. The Morgan fingerprint density at radius 2 is 1.95 bits per heavy atom. The molecule has 0 radical (unpaired) electrons. The Balaban J connectivity index is 1.74. The third-order valence-electron chi connectivity index (χ3n) is 4.92. The normalized spacial score (nSPS) is 20.7. The number of piperidine rings is 1. The van der Waals surface area contributed by atoms with Crippen molar-refractivity contribution < 1.29 is 4.79 Å². The molecule has 0 bridgehead atoms. The van der Waals surface area contributed by atoms with Gasteiger partial charge in [0.25, 0.3) is 5.91 Å². The molecule has 1 aliphatic carbocycles. The number of rotatable bonds is 4. The minimum Gasteiger partial charge on any atom is -0.332 e. The maximum atomic E-state index is 12.9. The van der Waals surface area contributed by atoms with E-state index in [0.29, 0.717) is 17.8 Å². The lowest BCUT2D eigenvalue weighted by atomic mass is 10.1. The molecule has 122 valence electrons. The summed E-state index contributed by atoms with van der Waals surface area (Å²) in [4.78, 5) is 14.9. The van der Waals surface area contributed by atoms with Crippen LogP contribution < -0.4 is 5.32 Å². The summed E-state index contributed by atoms with van der Waals surface area (Å²) in [6.45, 7) is 6.20. The molecule has 6 nitrogen and oxygen atoms in total. The van der Waals surface area contributed by atoms with Crippen LogP contribution >= 0.6 is 0 Å². The first kappa shape index (κ1) is 15.5. The molecule has 22 heavy (non-hydrogen) atoms. The van der Waals surface area contributed by atoms with Gasteiger partial charge < -0.3 is 10.2 Å². The summed E-state index contributed by atoms with van der Waals surface area (Å²) in [7, 11) is 0. The van der Waals surface area contributed by atoms with Gasteiger partial charge >= 0.3 is 0 Å². The second kappa shape index (κ2) is 6.77. The summed E-state index contributed by atoms with van der Waals surface area (Å²) in [6, 6.07) is 0.949. The fraction of sp³-hybridized carbons (Fsp3) is 0.812. The monoisotopic (exact) mass is 305 g/mol. The van der Waals surface area contributed by atoms with Crippen molar-refractivity contribution in [3.8, 4) is 0 Å². The summed E-state index contributed by atoms with van der Waals surface area (Å²) in [6.07, 6.45) is 8.63. The average Bonchev–Trinajstić information content (AvgIpc) is 3.19. The fourth-order valence-corrected chi connectivity index (χ4v) is 3.76. The van der Waals surface area contributed by atoms with Gasteiger partial charge in [-0.3, -0.25) is 4.79 Å². The first-order valence-corrected chi connectivity index (χ1v) is 8.62. The Hall–Kier alpha value is -1.43. The zero-order chi connectivity index (χ0) is 15.5. The van der Waals surface area contributed by atoms with Crippen molar-refractivity contribution in [1.82, 2.24) is 25.2 Å². The van der Waals surface area contributed by atoms with Crippen molar-refractivity contribution in [2.24, 2.45) is 0 Å². The second-order valence-electron chi connectivity index (χ2n) is 6.81. The van der Waals surface area contributed by atoms with Gasteiger partial charge in [-0.15, -0.1) is 5.10 Å². The van der Waals surface area contributed by atoms with E-state index in [1.54, 1.807) is 0 Å². The van der Waals surface area contributed by atoms with Crippen LogP contribution in [0, 0.1) is 0 Å². The van der Waals surface area contributed by atoms with Crippen LogP contribution in [-0.4, -0.2) is 51.0 Å². The number of nitrogens with zero attached hydrogens (tertiary/aromatic N) is 4. The Morgan fingerprint density at radius 3 is 2.59 bits per heavy atom. The predicted octanol–water partition coefficient (Wildman–Crippen LogP) is 2.00. The molecule has 0 aromatic carbocycles. The van der Waals surface area contributed by atoms with Crippen LogP contribution in [0.25, 0.3) is 0 Å². The Kier molecular flexibility index (Phi) is 4.76. The van der Waals surface area contributed by atoms with E-state index in [4.69, 9.17) is 0 Å². The van der Waals surface area contributed by atoms with Crippen LogP contribution in [0.4, 0.5) is 0 Å². The second-order valence-corrected chi connectivity index (χ2v) is 6.81. The number of hydrogen-bond donors (Lipinski definition) is 1. The summed E-state index contributed by atoms with van der Waals surface area (Å²) in [5, 5.41) is 11.7. The average molecular weight is 305 g/mol. The quantitative estimate of drug-likeness (QED) is 0.924. The Labute approximate surface area is 132 Å². The first-order valence-electron chi connectivity index (χ1n) is 8.62. The molecular formula is C16H27N5O. The minimum absolute atomic E-state index is 0.0436. The SMILES string of the molecule is CC(C)N(C(=O)c1cn(C2CCNCC2)nn1)C1CCCC1. The van der Waals surface area contributed by atoms with E-state index >= 15 is 0 Å². The van der Waals surface area contributed by atoms with Crippen molar-refractivity contribution in [2.75, 3.05) is 13.1 Å². The molecule has 0 spiro atoms. The van der Waals surface area contributed by atoms with Gasteiger partial charge in [0, 0.05) is 12.1 Å². The van der Waals surface area contributed by atoms with Crippen molar-refractivity contribution >= 4 is 5.91 Å². The molecule has 3 rings (SSSR count). The molecule has 6 heteroatoms. The van der Waals surface area contributed by atoms with E-state index in [1.165, 1.54) is 12.8 Å². The van der Waals surface area contributed by atoms with E-state index in [2.05, 4.69) is 29.5 Å². The van der Waals surface area contributed by atoms with Gasteiger partial charge in [0.1, 0.15) is 0 Å². The van der Waals surface area contributed by atoms with Gasteiger partial charge in [-0.2, -0.15) is 0 Å². The molecular weight excluding hydrogens is 278 g/mol. The van der Waals surface area contributed by atoms with Crippen LogP contribution in [-0.2, 0) is 0 Å². The lowest BCUT2D eigenvalue weighted by Crippen LogP contribution is -2.43. The standard InChI is InChI=1S/C16H27N5O/c1-12(2)21(14-5-3-4-6-14)16(22)15-11-20(19-18-15)13-7-9-17-10-8-13/h11-14,17H,3-10H2,1-2H3. The van der Waals surface area contributed by atoms with Crippen molar-refractivity contribution in [3.05, 3.63) is 11.9 Å².